The molecule has 0 bridgehead atoms. The van der Waals surface area contributed by atoms with Crippen molar-refractivity contribution in [2.45, 2.75) is 0 Å². The van der Waals surface area contributed by atoms with Crippen LogP contribution < -0.4 is 0 Å². The van der Waals surface area contributed by atoms with Crippen LogP contribution in [0.15, 0.2) is 41.1 Å². The summed E-state index contributed by atoms with van der Waals surface area (Å²) < 4.78 is 6.78. The van der Waals surface area contributed by atoms with E-state index in [1.807, 2.05) is 7.05 Å². The number of benzene rings is 1. The van der Waals surface area contributed by atoms with E-state index in [2.05, 4.69) is 15.2 Å². The fourth-order valence-corrected chi connectivity index (χ4v) is 1.63. The zero-order chi connectivity index (χ0) is 12.5. The summed E-state index contributed by atoms with van der Waals surface area (Å²) in [6.07, 6.45) is 1.80. The van der Waals surface area contributed by atoms with Crippen LogP contribution in [0.5, 0.6) is 5.75 Å². The van der Waals surface area contributed by atoms with E-state index >= 15 is 0 Å². The van der Waals surface area contributed by atoms with Gasteiger partial charge >= 0.3 is 0 Å². The highest BCUT2D eigenvalue weighted by atomic mass is 16.5. The van der Waals surface area contributed by atoms with Crippen LogP contribution in [0.1, 0.15) is 0 Å². The number of hydrogen-bond acceptors (Lipinski definition) is 5. The molecule has 1 N–H and O–H groups in total. The van der Waals surface area contributed by atoms with Gasteiger partial charge in [-0.25, -0.2) is 0 Å². The Balaban J connectivity index is 2.02. The molecule has 0 saturated carbocycles. The van der Waals surface area contributed by atoms with Crippen LogP contribution in [0.3, 0.4) is 0 Å². The van der Waals surface area contributed by atoms with Gasteiger partial charge in [0.15, 0.2) is 0 Å². The lowest BCUT2D eigenvalue weighted by atomic mass is 10.2. The van der Waals surface area contributed by atoms with Crippen molar-refractivity contribution in [3.8, 4) is 28.7 Å². The van der Waals surface area contributed by atoms with Crippen molar-refractivity contribution in [2.24, 2.45) is 7.05 Å². The Morgan fingerprint density at radius 3 is 2.78 bits per heavy atom. The number of phenols is 1. The molecule has 90 valence electrons. The maximum atomic E-state index is 9.70. The number of aromatic hydroxyl groups is 1. The molecule has 0 aliphatic rings. The van der Waals surface area contributed by atoms with E-state index in [9.17, 15) is 5.11 Å². The lowest BCUT2D eigenvalue weighted by molar-refractivity contribution is 0.425. The molecule has 0 spiro atoms. The van der Waals surface area contributed by atoms with Gasteiger partial charge in [0.2, 0.25) is 5.82 Å². The second-order valence-electron chi connectivity index (χ2n) is 3.81. The normalized spacial score (nSPS) is 10.7. The number of hydrogen-bond donors (Lipinski definition) is 1. The molecule has 1 aromatic carbocycles. The Hall–Kier alpha value is -2.63. The maximum absolute atomic E-state index is 9.70. The van der Waals surface area contributed by atoms with Gasteiger partial charge in [-0.3, -0.25) is 4.68 Å². The van der Waals surface area contributed by atoms with Crippen LogP contribution in [-0.4, -0.2) is 25.0 Å². The van der Waals surface area contributed by atoms with Crippen LogP contribution in [0.25, 0.3) is 23.0 Å². The molecule has 0 aliphatic heterocycles. The minimum absolute atomic E-state index is 0.105. The predicted octanol–water partition coefficient (Wildman–Crippen LogP) is 1.84. The zero-order valence-electron chi connectivity index (χ0n) is 9.61. The van der Waals surface area contributed by atoms with Gasteiger partial charge in [-0.1, -0.05) is 17.3 Å². The minimum Gasteiger partial charge on any atom is -0.507 e. The van der Waals surface area contributed by atoms with Gasteiger partial charge in [-0.15, -0.1) is 0 Å². The van der Waals surface area contributed by atoms with Gasteiger partial charge in [0.05, 0.1) is 5.56 Å². The Bertz CT molecular complexity index is 687. The van der Waals surface area contributed by atoms with Crippen molar-refractivity contribution in [2.75, 3.05) is 0 Å². The molecular formula is C12H10N4O2. The average Bonchev–Trinajstić information content (AvgIpc) is 2.98. The zero-order valence-corrected chi connectivity index (χ0v) is 9.61. The maximum Gasteiger partial charge on any atom is 0.262 e. The third-order valence-corrected chi connectivity index (χ3v) is 2.50. The molecule has 18 heavy (non-hydrogen) atoms. The standard InChI is InChI=1S/C12H10N4O2/c1-16-7-6-9(14-16)11-13-12(18-15-11)8-4-2-3-5-10(8)17/h2-7,17H,1H3. The molecule has 0 fully saturated rings. The first-order chi connectivity index (χ1) is 8.74. The summed E-state index contributed by atoms with van der Waals surface area (Å²) in [5.74, 6) is 0.774. The molecule has 0 saturated heterocycles. The molecule has 0 radical (unpaired) electrons. The summed E-state index contributed by atoms with van der Waals surface area (Å²) in [6, 6.07) is 8.60. The monoisotopic (exact) mass is 242 g/mol. The summed E-state index contributed by atoms with van der Waals surface area (Å²) in [5, 5.41) is 17.7. The second kappa shape index (κ2) is 3.99. The average molecular weight is 242 g/mol. The topological polar surface area (TPSA) is 77.0 Å². The highest BCUT2D eigenvalue weighted by Crippen LogP contribution is 2.28. The molecule has 0 unspecified atom stereocenters. The van der Waals surface area contributed by atoms with Crippen molar-refractivity contribution < 1.29 is 9.63 Å². The Morgan fingerprint density at radius 1 is 1.22 bits per heavy atom. The largest absolute Gasteiger partial charge is 0.507 e. The van der Waals surface area contributed by atoms with Gasteiger partial charge < -0.3 is 9.63 Å². The molecule has 6 heteroatoms. The van der Waals surface area contributed by atoms with Crippen LogP contribution in [0.2, 0.25) is 0 Å². The van der Waals surface area contributed by atoms with E-state index in [0.29, 0.717) is 17.1 Å². The van der Waals surface area contributed by atoms with Crippen molar-refractivity contribution in [3.05, 3.63) is 36.5 Å². The van der Waals surface area contributed by atoms with E-state index < -0.39 is 0 Å². The Labute approximate surface area is 102 Å². The van der Waals surface area contributed by atoms with Crippen LogP contribution >= 0.6 is 0 Å². The van der Waals surface area contributed by atoms with Gasteiger partial charge in [0.25, 0.3) is 5.89 Å². The first-order valence-corrected chi connectivity index (χ1v) is 5.36. The van der Waals surface area contributed by atoms with Gasteiger partial charge in [-0.05, 0) is 18.2 Å². The van der Waals surface area contributed by atoms with Crippen LogP contribution in [0, 0.1) is 0 Å². The lowest BCUT2D eigenvalue weighted by Crippen LogP contribution is -1.88. The molecule has 0 atom stereocenters. The fourth-order valence-electron chi connectivity index (χ4n) is 1.63. The summed E-state index contributed by atoms with van der Waals surface area (Å²) in [6.45, 7) is 0. The SMILES string of the molecule is Cn1ccc(-c2noc(-c3ccccc3O)n2)n1. The smallest absolute Gasteiger partial charge is 0.262 e. The number of rotatable bonds is 2. The van der Waals surface area contributed by atoms with E-state index in [1.165, 1.54) is 0 Å². The second-order valence-corrected chi connectivity index (χ2v) is 3.81. The number of aryl methyl sites for hydroxylation is 1. The van der Waals surface area contributed by atoms with E-state index in [4.69, 9.17) is 4.52 Å². The van der Waals surface area contributed by atoms with Crippen molar-refractivity contribution in [3.63, 3.8) is 0 Å². The highest BCUT2D eigenvalue weighted by molar-refractivity contribution is 5.63. The first kappa shape index (κ1) is 10.5. The molecule has 0 aliphatic carbocycles. The number of nitrogens with zero attached hydrogens (tertiary/aromatic N) is 4. The molecule has 6 nitrogen and oxygen atoms in total. The number of aromatic nitrogens is 4. The number of phenolic OH excluding ortho intramolecular Hbond substituents is 1. The quantitative estimate of drug-likeness (QED) is 0.742. The third kappa shape index (κ3) is 1.73. The summed E-state index contributed by atoms with van der Waals surface area (Å²) in [5.41, 5.74) is 1.13. The summed E-state index contributed by atoms with van der Waals surface area (Å²) >= 11 is 0. The predicted molar refractivity (Wildman–Crippen MR) is 63.6 cm³/mol. The van der Waals surface area contributed by atoms with Crippen molar-refractivity contribution in [1.82, 2.24) is 19.9 Å². The number of para-hydroxylation sites is 1. The minimum atomic E-state index is 0.105. The van der Waals surface area contributed by atoms with E-state index in [1.54, 1.807) is 41.2 Å². The fraction of sp³-hybridized carbons (Fsp3) is 0.0833. The third-order valence-electron chi connectivity index (χ3n) is 2.50. The summed E-state index contributed by atoms with van der Waals surface area (Å²) in [4.78, 5) is 4.21. The first-order valence-electron chi connectivity index (χ1n) is 5.36. The van der Waals surface area contributed by atoms with Crippen LogP contribution in [0.4, 0.5) is 0 Å². The van der Waals surface area contributed by atoms with Crippen molar-refractivity contribution >= 4 is 0 Å². The molecule has 3 rings (SSSR count). The van der Waals surface area contributed by atoms with Crippen molar-refractivity contribution in [1.29, 1.82) is 0 Å². The highest BCUT2D eigenvalue weighted by Gasteiger charge is 2.14. The van der Waals surface area contributed by atoms with Gasteiger partial charge in [0.1, 0.15) is 11.4 Å². The Kier molecular flexibility index (Phi) is 2.33. The molecule has 3 aromatic rings. The lowest BCUT2D eigenvalue weighted by Gasteiger charge is -1.96. The molecule has 2 heterocycles. The molecule has 0 amide bonds. The van der Waals surface area contributed by atoms with Gasteiger partial charge in [-0.2, -0.15) is 10.1 Å². The molecule has 2 aromatic heterocycles. The van der Waals surface area contributed by atoms with E-state index in [0.717, 1.165) is 0 Å². The van der Waals surface area contributed by atoms with Crippen LogP contribution in [-0.2, 0) is 7.05 Å². The summed E-state index contributed by atoms with van der Waals surface area (Å²) in [7, 11) is 1.81. The molecular weight excluding hydrogens is 232 g/mol. The Morgan fingerprint density at radius 2 is 2.06 bits per heavy atom. The van der Waals surface area contributed by atoms with E-state index in [-0.39, 0.29) is 11.6 Å². The van der Waals surface area contributed by atoms with Gasteiger partial charge in [0, 0.05) is 13.2 Å².